The molecule has 0 amide bonds. The first-order chi connectivity index (χ1) is 26.0. The average molecular weight is 830 g/mol. The Kier molecular flexibility index (Phi) is 10.2. The van der Waals surface area contributed by atoms with Crippen molar-refractivity contribution in [3.63, 3.8) is 0 Å². The highest BCUT2D eigenvalue weighted by Crippen LogP contribution is 2.59. The summed E-state index contributed by atoms with van der Waals surface area (Å²) in [5, 5.41) is 3.91. The van der Waals surface area contributed by atoms with Crippen molar-refractivity contribution in [2.45, 2.75) is 76.6 Å². The second kappa shape index (κ2) is 14.4. The van der Waals surface area contributed by atoms with Gasteiger partial charge in [-0.2, -0.15) is 0 Å². The van der Waals surface area contributed by atoms with E-state index in [0.29, 0.717) is 45.9 Å². The third-order valence-electron chi connectivity index (χ3n) is 11.9. The molecule has 290 valence electrons. The predicted molar refractivity (Wildman–Crippen MR) is 214 cm³/mol. The molecule has 0 bridgehead atoms. The fourth-order valence-corrected chi connectivity index (χ4v) is 10.2. The summed E-state index contributed by atoms with van der Waals surface area (Å²) in [6, 6.07) is 18.7. The van der Waals surface area contributed by atoms with Crippen LogP contribution >= 0.6 is 15.9 Å². The Morgan fingerprint density at radius 2 is 1.51 bits per heavy atom. The highest BCUT2D eigenvalue weighted by atomic mass is 79.9. The standard InChI is InChI=1S/C42H49BrN4O7Si/c1-41(2,3)55(8,9)54-42-28(32(46(4)5)34-31(37(42)50)40(45-53-34)52-23-25-18-14-11-15-19-25)21-26-20-27-30(33(48)29(26)36(42)49)35(39(47(6)7)44-38(27)43)51-22-24-16-12-10-13-17-24/h10-19,26,28-29,32H,20-23H2,1-9H3/t26-,28-,29?,32-,42-/m0/s1. The summed E-state index contributed by atoms with van der Waals surface area (Å²) in [5.74, 6) is -2.67. The highest BCUT2D eigenvalue weighted by Gasteiger charge is 2.70. The van der Waals surface area contributed by atoms with Gasteiger partial charge in [-0.3, -0.25) is 19.3 Å². The molecule has 2 aromatic heterocycles. The van der Waals surface area contributed by atoms with E-state index in [4.69, 9.17) is 23.4 Å². The number of fused-ring (bicyclic) bond motifs is 4. The van der Waals surface area contributed by atoms with Crippen molar-refractivity contribution in [2.75, 3.05) is 33.1 Å². The molecule has 4 aromatic rings. The van der Waals surface area contributed by atoms with Crippen LogP contribution in [0.3, 0.4) is 0 Å². The first-order valence-electron chi connectivity index (χ1n) is 18.7. The normalized spacial score (nSPS) is 23.5. The van der Waals surface area contributed by atoms with Crippen LogP contribution in [0.2, 0.25) is 18.1 Å². The van der Waals surface area contributed by atoms with Crippen LogP contribution in [0, 0.1) is 17.8 Å². The van der Waals surface area contributed by atoms with E-state index < -0.39 is 55.1 Å². The molecule has 0 N–H and O–H groups in total. The summed E-state index contributed by atoms with van der Waals surface area (Å²) < 4.78 is 26.4. The fourth-order valence-electron chi connectivity index (χ4n) is 8.23. The molecule has 2 aromatic carbocycles. The van der Waals surface area contributed by atoms with Crippen molar-refractivity contribution >= 4 is 47.4 Å². The number of ketones is 3. The number of benzene rings is 2. The molecule has 3 aliphatic carbocycles. The number of carbonyl (C=O) groups excluding carboxylic acids is 3. The lowest BCUT2D eigenvalue weighted by Gasteiger charge is -2.56. The second-order valence-corrected chi connectivity index (χ2v) is 22.4. The van der Waals surface area contributed by atoms with Gasteiger partial charge in [0, 0.05) is 20.0 Å². The van der Waals surface area contributed by atoms with Gasteiger partial charge in [0.15, 0.2) is 42.8 Å². The van der Waals surface area contributed by atoms with Gasteiger partial charge in [-0.05, 0) is 88.8 Å². The van der Waals surface area contributed by atoms with E-state index in [9.17, 15) is 0 Å². The summed E-state index contributed by atoms with van der Waals surface area (Å²) >= 11 is 3.68. The first-order valence-corrected chi connectivity index (χ1v) is 22.4. The Labute approximate surface area is 332 Å². The van der Waals surface area contributed by atoms with Gasteiger partial charge in [0.1, 0.15) is 23.4 Å². The van der Waals surface area contributed by atoms with Crippen LogP contribution in [-0.2, 0) is 28.9 Å². The van der Waals surface area contributed by atoms with Crippen LogP contribution in [0.5, 0.6) is 11.6 Å². The first kappa shape index (κ1) is 39.1. The number of aromatic nitrogens is 2. The van der Waals surface area contributed by atoms with Crippen molar-refractivity contribution in [2.24, 2.45) is 17.8 Å². The molecule has 0 radical (unpaired) electrons. The van der Waals surface area contributed by atoms with Gasteiger partial charge in [0.05, 0.1) is 17.5 Å². The Morgan fingerprint density at radius 3 is 2.07 bits per heavy atom. The number of rotatable bonds is 10. The Morgan fingerprint density at radius 1 is 0.909 bits per heavy atom. The van der Waals surface area contributed by atoms with Crippen LogP contribution in [0.4, 0.5) is 5.82 Å². The number of hydrogen-bond donors (Lipinski definition) is 0. The maximum atomic E-state index is 15.8. The van der Waals surface area contributed by atoms with E-state index in [0.717, 1.165) is 11.1 Å². The van der Waals surface area contributed by atoms with Crippen LogP contribution in [-0.4, -0.2) is 74.5 Å². The van der Waals surface area contributed by atoms with Crippen molar-refractivity contribution in [3.05, 3.63) is 98.8 Å². The number of ether oxygens (including phenoxy) is 2. The minimum absolute atomic E-state index is 0.00447. The molecule has 13 heteroatoms. The highest BCUT2D eigenvalue weighted by molar-refractivity contribution is 9.10. The van der Waals surface area contributed by atoms with Crippen molar-refractivity contribution < 1.29 is 32.8 Å². The summed E-state index contributed by atoms with van der Waals surface area (Å²) in [7, 11) is 4.55. The number of anilines is 1. The van der Waals surface area contributed by atoms with E-state index in [2.05, 4.69) is 41.9 Å². The molecule has 0 saturated heterocycles. The number of pyridine rings is 1. The van der Waals surface area contributed by atoms with Gasteiger partial charge in [0.2, 0.25) is 5.78 Å². The lowest BCUT2D eigenvalue weighted by Crippen LogP contribution is -2.70. The summed E-state index contributed by atoms with van der Waals surface area (Å²) in [5.41, 5.74) is 0.875. The summed E-state index contributed by atoms with van der Waals surface area (Å²) in [6.07, 6.45) is 0.712. The number of hydrogen-bond acceptors (Lipinski definition) is 11. The van der Waals surface area contributed by atoms with Crippen LogP contribution in [0.1, 0.15) is 76.4 Å². The molecule has 2 heterocycles. The van der Waals surface area contributed by atoms with E-state index in [1.54, 1.807) is 4.90 Å². The van der Waals surface area contributed by atoms with Crippen LogP contribution in [0.25, 0.3) is 0 Å². The van der Waals surface area contributed by atoms with Crippen LogP contribution in [0.15, 0.2) is 69.8 Å². The van der Waals surface area contributed by atoms with Crippen molar-refractivity contribution in [3.8, 4) is 11.6 Å². The molecule has 0 aliphatic heterocycles. The number of halogens is 1. The predicted octanol–water partition coefficient (Wildman–Crippen LogP) is 7.88. The average Bonchev–Trinajstić information content (AvgIpc) is 3.55. The molecule has 1 fully saturated rings. The third-order valence-corrected chi connectivity index (χ3v) is 17.0. The Balaban J connectivity index is 1.39. The molecule has 11 nitrogen and oxygen atoms in total. The molecule has 0 spiro atoms. The summed E-state index contributed by atoms with van der Waals surface area (Å²) in [4.78, 5) is 55.2. The maximum absolute atomic E-state index is 15.8. The Hall–Kier alpha value is -4.17. The van der Waals surface area contributed by atoms with Gasteiger partial charge >= 0.3 is 0 Å². The number of Topliss-reactive ketones (excluding diaryl/α,β-unsaturated/α-hetero) is 3. The SMILES string of the molecule is CN(C)c1nc(Br)c2c(c1OCc1ccccc1)C(=O)C1C(=O)[C@]3(O[Si](C)(C)C(C)(C)C)C(=O)c4c(OCc5ccccc5)noc4[C@@H](N(C)C)[C@@H]3C[C@@H]1C2. The largest absolute Gasteiger partial charge is 0.484 e. The zero-order valence-electron chi connectivity index (χ0n) is 32.9. The maximum Gasteiger partial charge on any atom is 0.265 e. The topological polar surface area (TPSA) is 124 Å². The van der Waals surface area contributed by atoms with Gasteiger partial charge in [-0.1, -0.05) is 81.4 Å². The lowest BCUT2D eigenvalue weighted by molar-refractivity contribution is -0.151. The second-order valence-electron chi connectivity index (χ2n) is 16.9. The monoisotopic (exact) mass is 828 g/mol. The Bertz CT molecular complexity index is 2130. The molecule has 1 unspecified atom stereocenters. The van der Waals surface area contributed by atoms with Gasteiger partial charge in [-0.15, -0.1) is 0 Å². The van der Waals surface area contributed by atoms with Gasteiger partial charge < -0.3 is 23.3 Å². The van der Waals surface area contributed by atoms with Crippen molar-refractivity contribution in [1.29, 1.82) is 0 Å². The molecule has 3 aliphatic rings. The van der Waals surface area contributed by atoms with Gasteiger partial charge in [0.25, 0.3) is 5.88 Å². The quantitative estimate of drug-likeness (QED) is 0.0881. The number of nitrogens with zero attached hydrogens (tertiary/aromatic N) is 4. The molecular weight excluding hydrogens is 780 g/mol. The fraction of sp³-hybridized carbons (Fsp3) is 0.452. The molecule has 5 atom stereocenters. The van der Waals surface area contributed by atoms with Crippen LogP contribution < -0.4 is 14.4 Å². The van der Waals surface area contributed by atoms with E-state index in [1.165, 1.54) is 0 Å². The number of carbonyl (C=O) groups is 3. The van der Waals surface area contributed by atoms with E-state index in [-0.39, 0.29) is 29.7 Å². The molecular formula is C42H49BrN4O7Si. The van der Waals surface area contributed by atoms with Gasteiger partial charge in [-0.25, -0.2) is 4.98 Å². The zero-order valence-corrected chi connectivity index (χ0v) is 35.5. The smallest absolute Gasteiger partial charge is 0.265 e. The van der Waals surface area contributed by atoms with Crippen molar-refractivity contribution in [1.82, 2.24) is 15.0 Å². The van der Waals surface area contributed by atoms with E-state index >= 15 is 14.4 Å². The minimum Gasteiger partial charge on any atom is -0.484 e. The molecule has 55 heavy (non-hydrogen) atoms. The minimum atomic E-state index is -2.90. The summed E-state index contributed by atoms with van der Waals surface area (Å²) in [6.45, 7) is 10.6. The molecule has 7 rings (SSSR count). The lowest BCUT2D eigenvalue weighted by atomic mass is 9.54. The third kappa shape index (κ3) is 6.56. The zero-order chi connectivity index (χ0) is 39.6. The molecule has 1 saturated carbocycles. The van der Waals surface area contributed by atoms with E-state index in [1.807, 2.05) is 107 Å².